The zero-order valence-electron chi connectivity index (χ0n) is 17.1. The van der Waals surface area contributed by atoms with Gasteiger partial charge in [-0.3, -0.25) is 19.7 Å². The van der Waals surface area contributed by atoms with E-state index in [0.717, 1.165) is 54.1 Å². The van der Waals surface area contributed by atoms with E-state index in [2.05, 4.69) is 27.9 Å². The molecule has 4 heterocycles. The van der Waals surface area contributed by atoms with E-state index < -0.39 is 0 Å². The number of carbonyl (C=O) groups excluding carboxylic acids is 1. The van der Waals surface area contributed by atoms with Crippen LogP contribution in [0.15, 0.2) is 30.7 Å². The summed E-state index contributed by atoms with van der Waals surface area (Å²) < 4.78 is 0. The van der Waals surface area contributed by atoms with Crippen LogP contribution in [0.2, 0.25) is 0 Å². The van der Waals surface area contributed by atoms with Crippen molar-refractivity contribution in [3.05, 3.63) is 47.0 Å². The Bertz CT molecular complexity index is 1020. The van der Waals surface area contributed by atoms with Crippen molar-refractivity contribution in [2.75, 3.05) is 32.9 Å². The Kier molecular flexibility index (Phi) is 5.23. The molecule has 3 aromatic rings. The SMILES string of the molecule is CN(C)C(=O)c1sc2nc(C3(C)CCN(Cc4cnccn4)CC3)ccc2c1N. The number of anilines is 1. The minimum atomic E-state index is -0.0735. The maximum absolute atomic E-state index is 12.4. The first-order valence-corrected chi connectivity index (χ1v) is 10.6. The highest BCUT2D eigenvalue weighted by Crippen LogP contribution is 2.38. The fourth-order valence-corrected chi connectivity index (χ4v) is 4.91. The summed E-state index contributed by atoms with van der Waals surface area (Å²) >= 11 is 1.39. The van der Waals surface area contributed by atoms with Crippen LogP contribution in [0.25, 0.3) is 10.2 Å². The Morgan fingerprint density at radius 1 is 1.28 bits per heavy atom. The number of rotatable bonds is 4. The molecule has 0 aliphatic carbocycles. The predicted octanol–water partition coefficient (Wildman–Crippen LogP) is 2.92. The number of nitrogens with zero attached hydrogens (tertiary/aromatic N) is 5. The second-order valence-electron chi connectivity index (χ2n) is 8.13. The maximum Gasteiger partial charge on any atom is 0.265 e. The van der Waals surface area contributed by atoms with Crippen molar-refractivity contribution in [3.8, 4) is 0 Å². The van der Waals surface area contributed by atoms with Crippen LogP contribution in [0, 0.1) is 0 Å². The molecule has 0 aromatic carbocycles. The molecule has 2 N–H and O–H groups in total. The summed E-state index contributed by atoms with van der Waals surface area (Å²) in [6.07, 6.45) is 7.32. The molecule has 0 spiro atoms. The van der Waals surface area contributed by atoms with E-state index in [1.165, 1.54) is 11.3 Å². The van der Waals surface area contributed by atoms with Crippen molar-refractivity contribution in [2.45, 2.75) is 31.7 Å². The second kappa shape index (κ2) is 7.68. The van der Waals surface area contributed by atoms with Crippen molar-refractivity contribution in [1.82, 2.24) is 24.8 Å². The van der Waals surface area contributed by atoms with Crippen molar-refractivity contribution in [2.24, 2.45) is 0 Å². The first-order chi connectivity index (χ1) is 13.9. The number of aromatic nitrogens is 3. The molecule has 1 fully saturated rings. The highest BCUT2D eigenvalue weighted by molar-refractivity contribution is 7.21. The molecule has 1 amide bonds. The molecule has 29 heavy (non-hydrogen) atoms. The van der Waals surface area contributed by atoms with Crippen LogP contribution in [0.4, 0.5) is 5.69 Å². The van der Waals surface area contributed by atoms with Gasteiger partial charge in [-0.1, -0.05) is 6.92 Å². The number of piperidine rings is 1. The molecule has 0 saturated carbocycles. The lowest BCUT2D eigenvalue weighted by atomic mass is 9.77. The van der Waals surface area contributed by atoms with Gasteiger partial charge in [0.2, 0.25) is 0 Å². The first-order valence-electron chi connectivity index (χ1n) is 9.76. The molecule has 3 aromatic heterocycles. The molecule has 7 nitrogen and oxygen atoms in total. The molecule has 1 aliphatic heterocycles. The minimum Gasteiger partial charge on any atom is -0.397 e. The molecule has 8 heteroatoms. The van der Waals surface area contributed by atoms with Gasteiger partial charge in [0.15, 0.2) is 0 Å². The first kappa shape index (κ1) is 19.7. The zero-order valence-corrected chi connectivity index (χ0v) is 17.9. The normalized spacial score (nSPS) is 16.8. The molecule has 4 rings (SSSR count). The van der Waals surface area contributed by atoms with Crippen molar-refractivity contribution in [3.63, 3.8) is 0 Å². The van der Waals surface area contributed by atoms with Crippen LogP contribution in [0.1, 0.15) is 40.8 Å². The van der Waals surface area contributed by atoms with Crippen molar-refractivity contribution >= 4 is 33.1 Å². The quantitative estimate of drug-likeness (QED) is 0.711. The fraction of sp³-hybridized carbons (Fsp3) is 0.429. The third-order valence-corrected chi connectivity index (χ3v) is 6.88. The van der Waals surface area contributed by atoms with Crippen LogP contribution in [-0.4, -0.2) is 57.8 Å². The van der Waals surface area contributed by atoms with Crippen molar-refractivity contribution in [1.29, 1.82) is 0 Å². The molecule has 152 valence electrons. The number of hydrogen-bond acceptors (Lipinski definition) is 7. The van der Waals surface area contributed by atoms with Gasteiger partial charge in [-0.2, -0.15) is 0 Å². The Hall–Kier alpha value is -2.58. The summed E-state index contributed by atoms with van der Waals surface area (Å²) in [5.74, 6) is -0.0735. The molecule has 0 atom stereocenters. The van der Waals surface area contributed by atoms with E-state index in [0.29, 0.717) is 10.6 Å². The van der Waals surface area contributed by atoms with Crippen molar-refractivity contribution < 1.29 is 4.79 Å². The third kappa shape index (κ3) is 3.82. The van der Waals surface area contributed by atoms with E-state index in [4.69, 9.17) is 10.7 Å². The number of pyridine rings is 1. The van der Waals surface area contributed by atoms with E-state index >= 15 is 0 Å². The van der Waals surface area contributed by atoms with Gasteiger partial charge in [-0.05, 0) is 38.1 Å². The highest BCUT2D eigenvalue weighted by atomic mass is 32.1. The second-order valence-corrected chi connectivity index (χ2v) is 9.13. The average Bonchev–Trinajstić information content (AvgIpc) is 3.06. The van der Waals surface area contributed by atoms with Gasteiger partial charge >= 0.3 is 0 Å². The van der Waals surface area contributed by atoms with Gasteiger partial charge in [0, 0.05) is 55.7 Å². The number of amides is 1. The summed E-state index contributed by atoms with van der Waals surface area (Å²) in [4.78, 5) is 31.2. The Morgan fingerprint density at radius 2 is 2.03 bits per heavy atom. The highest BCUT2D eigenvalue weighted by Gasteiger charge is 2.33. The van der Waals surface area contributed by atoms with Gasteiger partial charge < -0.3 is 10.6 Å². The van der Waals surface area contributed by atoms with Gasteiger partial charge in [0.1, 0.15) is 9.71 Å². The van der Waals surface area contributed by atoms with E-state index in [-0.39, 0.29) is 11.3 Å². The lowest BCUT2D eigenvalue weighted by molar-refractivity contribution is 0.0833. The van der Waals surface area contributed by atoms with E-state index in [9.17, 15) is 4.79 Å². The lowest BCUT2D eigenvalue weighted by Gasteiger charge is -2.39. The number of fused-ring (bicyclic) bond motifs is 1. The van der Waals surface area contributed by atoms with Crippen LogP contribution in [-0.2, 0) is 12.0 Å². The number of hydrogen-bond donors (Lipinski definition) is 1. The lowest BCUT2D eigenvalue weighted by Crippen LogP contribution is -2.41. The Balaban J connectivity index is 1.53. The van der Waals surface area contributed by atoms with Crippen LogP contribution >= 0.6 is 11.3 Å². The number of nitrogen functional groups attached to an aromatic ring is 1. The molecule has 0 unspecified atom stereocenters. The summed E-state index contributed by atoms with van der Waals surface area (Å²) in [6.45, 7) is 5.09. The van der Waals surface area contributed by atoms with Crippen LogP contribution in [0.5, 0.6) is 0 Å². The summed E-state index contributed by atoms with van der Waals surface area (Å²) in [5, 5.41) is 0.868. The topological polar surface area (TPSA) is 88.2 Å². The average molecular weight is 411 g/mol. The fourth-order valence-electron chi connectivity index (χ4n) is 3.80. The number of carbonyl (C=O) groups is 1. The van der Waals surface area contributed by atoms with Gasteiger partial charge in [0.05, 0.1) is 11.4 Å². The maximum atomic E-state index is 12.4. The molecule has 1 aliphatic rings. The molecular formula is C21H26N6OS. The van der Waals surface area contributed by atoms with Gasteiger partial charge in [-0.15, -0.1) is 11.3 Å². The minimum absolute atomic E-state index is 0.0114. The molecule has 0 radical (unpaired) electrons. The number of thiophene rings is 1. The largest absolute Gasteiger partial charge is 0.397 e. The Labute approximate surface area is 174 Å². The number of nitrogens with two attached hydrogens (primary N) is 1. The van der Waals surface area contributed by atoms with Gasteiger partial charge in [-0.25, -0.2) is 4.98 Å². The van der Waals surface area contributed by atoms with Crippen LogP contribution in [0.3, 0.4) is 0 Å². The van der Waals surface area contributed by atoms with Crippen LogP contribution < -0.4 is 5.73 Å². The standard InChI is InChI=1S/C21H26N6OS/c1-21(6-10-27(11-7-21)13-14-12-23-8-9-24-14)16-5-4-15-17(22)18(20(28)26(2)3)29-19(15)25-16/h4-5,8-9,12H,6-7,10-11,13,22H2,1-3H3. The summed E-state index contributed by atoms with van der Waals surface area (Å²) in [6, 6.07) is 4.10. The smallest absolute Gasteiger partial charge is 0.265 e. The third-order valence-electron chi connectivity index (χ3n) is 5.77. The molecule has 1 saturated heterocycles. The monoisotopic (exact) mass is 410 g/mol. The van der Waals surface area contributed by atoms with Gasteiger partial charge in [0.25, 0.3) is 5.91 Å². The van der Waals surface area contributed by atoms with E-state index in [1.54, 1.807) is 31.4 Å². The van der Waals surface area contributed by atoms with E-state index in [1.807, 2.05) is 12.3 Å². The summed E-state index contributed by atoms with van der Waals surface area (Å²) in [5.41, 5.74) is 8.86. The summed E-state index contributed by atoms with van der Waals surface area (Å²) in [7, 11) is 3.47. The Morgan fingerprint density at radius 3 is 2.69 bits per heavy atom. The molecule has 0 bridgehead atoms. The zero-order chi connectivity index (χ0) is 20.6. The predicted molar refractivity (Wildman–Crippen MR) is 116 cm³/mol. The molecular weight excluding hydrogens is 384 g/mol. The number of likely N-dealkylation sites (tertiary alicyclic amines) is 1.